The van der Waals surface area contributed by atoms with Crippen molar-refractivity contribution in [1.82, 2.24) is 0 Å². The smallest absolute Gasteiger partial charge is 0.124 e. The molecule has 3 atom stereocenters. The van der Waals surface area contributed by atoms with Gasteiger partial charge in [0.1, 0.15) is 5.82 Å². The topological polar surface area (TPSA) is 20.2 Å². The van der Waals surface area contributed by atoms with Gasteiger partial charge in [0.2, 0.25) is 0 Å². The highest BCUT2D eigenvalue weighted by molar-refractivity contribution is 9.10. The van der Waals surface area contributed by atoms with Crippen molar-refractivity contribution in [3.05, 3.63) is 34.1 Å². The van der Waals surface area contributed by atoms with Crippen LogP contribution in [0.5, 0.6) is 0 Å². The molecule has 3 heteroatoms. The van der Waals surface area contributed by atoms with Gasteiger partial charge < -0.3 is 5.11 Å². The molecule has 1 aromatic rings. The third kappa shape index (κ3) is 2.01. The summed E-state index contributed by atoms with van der Waals surface area (Å²) in [6.07, 6.45) is 5.87. The molecule has 0 saturated heterocycles. The molecule has 2 aliphatic rings. The van der Waals surface area contributed by atoms with Crippen LogP contribution in [0.2, 0.25) is 0 Å². The van der Waals surface area contributed by atoms with E-state index in [1.54, 1.807) is 0 Å². The van der Waals surface area contributed by atoms with E-state index in [4.69, 9.17) is 0 Å². The minimum atomic E-state index is -0.211. The molecule has 1 N–H and O–H groups in total. The van der Waals surface area contributed by atoms with Crippen LogP contribution in [0.25, 0.3) is 0 Å². The van der Waals surface area contributed by atoms with E-state index in [2.05, 4.69) is 15.9 Å². The zero-order valence-corrected chi connectivity index (χ0v) is 11.9. The Morgan fingerprint density at radius 2 is 2.22 bits per heavy atom. The van der Waals surface area contributed by atoms with Crippen LogP contribution in [0.3, 0.4) is 0 Å². The molecule has 2 fully saturated rings. The fourth-order valence-corrected chi connectivity index (χ4v) is 4.56. The summed E-state index contributed by atoms with van der Waals surface area (Å²) in [4.78, 5) is 0. The summed E-state index contributed by atoms with van der Waals surface area (Å²) in [5, 5.41) is 9.86. The second-order valence-corrected chi connectivity index (χ2v) is 6.87. The molecule has 2 aliphatic carbocycles. The van der Waals surface area contributed by atoms with Gasteiger partial charge in [-0.05, 0) is 55.2 Å². The quantitative estimate of drug-likeness (QED) is 0.896. The zero-order chi connectivity index (χ0) is 12.8. The van der Waals surface area contributed by atoms with E-state index in [0.29, 0.717) is 5.92 Å². The van der Waals surface area contributed by atoms with Crippen LogP contribution in [-0.4, -0.2) is 11.7 Å². The van der Waals surface area contributed by atoms with Crippen molar-refractivity contribution in [3.63, 3.8) is 0 Å². The van der Waals surface area contributed by atoms with Crippen LogP contribution in [0, 0.1) is 23.1 Å². The lowest BCUT2D eigenvalue weighted by Crippen LogP contribution is -2.34. The Kier molecular flexibility index (Phi) is 3.23. The monoisotopic (exact) mass is 312 g/mol. The third-order valence-corrected chi connectivity index (χ3v) is 5.71. The molecule has 3 unspecified atom stereocenters. The molecule has 1 nitrogen and oxygen atoms in total. The van der Waals surface area contributed by atoms with E-state index in [9.17, 15) is 9.50 Å². The number of aliphatic hydroxyl groups is 1. The Hall–Kier alpha value is -0.410. The van der Waals surface area contributed by atoms with Gasteiger partial charge in [-0.15, -0.1) is 0 Å². The van der Waals surface area contributed by atoms with E-state index in [0.717, 1.165) is 28.8 Å². The second kappa shape index (κ2) is 4.61. The Morgan fingerprint density at radius 3 is 2.78 bits per heavy atom. The first-order chi connectivity index (χ1) is 8.63. The van der Waals surface area contributed by atoms with Crippen molar-refractivity contribution in [1.29, 1.82) is 0 Å². The third-order valence-electron chi connectivity index (χ3n) is 4.97. The van der Waals surface area contributed by atoms with Gasteiger partial charge in [0.25, 0.3) is 0 Å². The number of hydrogen-bond donors (Lipinski definition) is 1. The molecule has 0 spiro atoms. The molecule has 3 rings (SSSR count). The van der Waals surface area contributed by atoms with E-state index < -0.39 is 0 Å². The van der Waals surface area contributed by atoms with Crippen molar-refractivity contribution >= 4 is 15.9 Å². The minimum absolute atomic E-state index is 0.0449. The molecule has 18 heavy (non-hydrogen) atoms. The summed E-state index contributed by atoms with van der Waals surface area (Å²) < 4.78 is 13.9. The molecule has 2 saturated carbocycles. The van der Waals surface area contributed by atoms with Crippen LogP contribution in [0.15, 0.2) is 22.7 Å². The minimum Gasteiger partial charge on any atom is -0.396 e. The maximum Gasteiger partial charge on any atom is 0.124 e. The van der Waals surface area contributed by atoms with Crippen molar-refractivity contribution in [2.24, 2.45) is 17.3 Å². The Labute approximate surface area is 116 Å². The van der Waals surface area contributed by atoms with Gasteiger partial charge in [-0.25, -0.2) is 4.39 Å². The normalized spacial score (nSPS) is 34.2. The van der Waals surface area contributed by atoms with Gasteiger partial charge >= 0.3 is 0 Å². The molecule has 0 radical (unpaired) electrons. The lowest BCUT2D eigenvalue weighted by atomic mass is 9.70. The molecule has 0 amide bonds. The van der Waals surface area contributed by atoms with E-state index in [-0.39, 0.29) is 17.8 Å². The van der Waals surface area contributed by atoms with E-state index in [1.165, 1.54) is 31.4 Å². The standard InChI is InChI=1S/C15H18BrFO/c16-14-6-13(17)4-2-11(14)8-15(9-18)7-10-1-3-12(15)5-10/h2,4,6,10,12,18H,1,3,5,7-9H2. The molecule has 0 aromatic heterocycles. The van der Waals surface area contributed by atoms with Gasteiger partial charge in [-0.2, -0.15) is 0 Å². The van der Waals surface area contributed by atoms with Gasteiger partial charge in [0.15, 0.2) is 0 Å². The van der Waals surface area contributed by atoms with Gasteiger partial charge in [0.05, 0.1) is 0 Å². The molecule has 2 bridgehead atoms. The molecular formula is C15H18BrFO. The molecule has 0 aliphatic heterocycles. The van der Waals surface area contributed by atoms with Crippen molar-refractivity contribution in [2.75, 3.05) is 6.61 Å². The Bertz CT molecular complexity index is 462. The first-order valence-corrected chi connectivity index (χ1v) is 7.47. The summed E-state index contributed by atoms with van der Waals surface area (Å²) in [7, 11) is 0. The second-order valence-electron chi connectivity index (χ2n) is 6.01. The predicted molar refractivity (Wildman–Crippen MR) is 72.8 cm³/mol. The summed E-state index contributed by atoms with van der Waals surface area (Å²) in [5.41, 5.74) is 1.17. The number of fused-ring (bicyclic) bond motifs is 2. The first kappa shape index (κ1) is 12.6. The average molecular weight is 313 g/mol. The number of benzene rings is 1. The Morgan fingerprint density at radius 1 is 1.39 bits per heavy atom. The van der Waals surface area contributed by atoms with Crippen LogP contribution in [0.1, 0.15) is 31.2 Å². The summed E-state index contributed by atoms with van der Waals surface area (Å²) in [6, 6.07) is 4.88. The fraction of sp³-hybridized carbons (Fsp3) is 0.600. The summed E-state index contributed by atoms with van der Waals surface area (Å²) >= 11 is 3.44. The van der Waals surface area contributed by atoms with Crippen LogP contribution < -0.4 is 0 Å². The highest BCUT2D eigenvalue weighted by Gasteiger charge is 2.50. The number of hydrogen-bond acceptors (Lipinski definition) is 1. The van der Waals surface area contributed by atoms with Crippen LogP contribution in [0.4, 0.5) is 4.39 Å². The first-order valence-electron chi connectivity index (χ1n) is 6.68. The summed E-state index contributed by atoms with van der Waals surface area (Å²) in [6.45, 7) is 0.262. The number of aliphatic hydroxyl groups excluding tert-OH is 1. The lowest BCUT2D eigenvalue weighted by molar-refractivity contribution is 0.0650. The highest BCUT2D eigenvalue weighted by atomic mass is 79.9. The zero-order valence-electron chi connectivity index (χ0n) is 10.3. The van der Waals surface area contributed by atoms with Crippen molar-refractivity contribution < 1.29 is 9.50 Å². The fourth-order valence-electron chi connectivity index (χ4n) is 4.07. The highest BCUT2D eigenvalue weighted by Crippen LogP contribution is 2.57. The lowest BCUT2D eigenvalue weighted by Gasteiger charge is -2.36. The molecule has 1 aromatic carbocycles. The number of rotatable bonds is 3. The molecule has 0 heterocycles. The SMILES string of the molecule is OCC1(Cc2ccc(F)cc2Br)CC2CCC1C2. The predicted octanol–water partition coefficient (Wildman–Crippen LogP) is 3.93. The van der Waals surface area contributed by atoms with E-state index >= 15 is 0 Å². The molecule has 98 valence electrons. The number of halogens is 2. The van der Waals surface area contributed by atoms with Gasteiger partial charge in [0, 0.05) is 16.5 Å². The van der Waals surface area contributed by atoms with Gasteiger partial charge in [-0.3, -0.25) is 0 Å². The van der Waals surface area contributed by atoms with Crippen molar-refractivity contribution in [3.8, 4) is 0 Å². The van der Waals surface area contributed by atoms with E-state index in [1.807, 2.05) is 6.07 Å². The Balaban J connectivity index is 1.86. The summed E-state index contributed by atoms with van der Waals surface area (Å²) in [5.74, 6) is 1.25. The van der Waals surface area contributed by atoms with Crippen LogP contribution >= 0.6 is 15.9 Å². The van der Waals surface area contributed by atoms with Crippen molar-refractivity contribution in [2.45, 2.75) is 32.1 Å². The molecular weight excluding hydrogens is 295 g/mol. The largest absolute Gasteiger partial charge is 0.396 e. The maximum atomic E-state index is 13.1. The average Bonchev–Trinajstić information content (AvgIpc) is 2.93. The van der Waals surface area contributed by atoms with Crippen LogP contribution in [-0.2, 0) is 6.42 Å². The van der Waals surface area contributed by atoms with Gasteiger partial charge in [-0.1, -0.05) is 28.4 Å². The maximum absolute atomic E-state index is 13.1.